The van der Waals surface area contributed by atoms with E-state index in [0.717, 1.165) is 0 Å². The van der Waals surface area contributed by atoms with Crippen molar-refractivity contribution in [3.05, 3.63) is 60.3 Å². The third kappa shape index (κ3) is 5.16. The number of rotatable bonds is 7. The van der Waals surface area contributed by atoms with E-state index in [2.05, 4.69) is 15.4 Å². The van der Waals surface area contributed by atoms with Gasteiger partial charge in [-0.2, -0.15) is 0 Å². The molecule has 0 atom stereocenters. The number of nitrogens with zero attached hydrogens (tertiary/aromatic N) is 1. The van der Waals surface area contributed by atoms with Gasteiger partial charge in [0, 0.05) is 17.5 Å². The number of carbonyl (C=O) groups excluding carboxylic acids is 3. The van der Waals surface area contributed by atoms with Crippen LogP contribution in [0.15, 0.2) is 60.3 Å². The van der Waals surface area contributed by atoms with Crippen molar-refractivity contribution in [1.29, 1.82) is 0 Å². The number of amides is 2. The Hall–Kier alpha value is -3.81. The Morgan fingerprint density at radius 1 is 1.10 bits per heavy atom. The van der Waals surface area contributed by atoms with E-state index in [1.807, 2.05) is 6.92 Å². The number of para-hydroxylation sites is 2. The summed E-state index contributed by atoms with van der Waals surface area (Å²) in [7, 11) is 1.28. The second kappa shape index (κ2) is 9.60. The first-order valence-electron chi connectivity index (χ1n) is 9.47. The second-order valence-electron chi connectivity index (χ2n) is 6.49. The Labute approximate surface area is 174 Å². The first-order valence-corrected chi connectivity index (χ1v) is 9.47. The van der Waals surface area contributed by atoms with Crippen LogP contribution in [0.25, 0.3) is 0 Å². The van der Waals surface area contributed by atoms with E-state index in [-0.39, 0.29) is 18.9 Å². The number of nitrogens with one attached hydrogen (secondary N) is 2. The number of benzene rings is 2. The van der Waals surface area contributed by atoms with Gasteiger partial charge in [-0.15, -0.1) is 0 Å². The van der Waals surface area contributed by atoms with Gasteiger partial charge in [0.1, 0.15) is 12.3 Å². The molecule has 8 nitrogen and oxygen atoms in total. The highest BCUT2D eigenvalue weighted by Gasteiger charge is 2.25. The zero-order valence-electron chi connectivity index (χ0n) is 16.8. The molecular formula is C22H23N3O5. The van der Waals surface area contributed by atoms with Gasteiger partial charge < -0.3 is 20.1 Å². The van der Waals surface area contributed by atoms with Gasteiger partial charge in [0.15, 0.2) is 0 Å². The van der Waals surface area contributed by atoms with E-state index in [4.69, 9.17) is 4.74 Å². The summed E-state index contributed by atoms with van der Waals surface area (Å²) in [6, 6.07) is 14.1. The molecule has 0 aromatic heterocycles. The number of hydrogen-bond donors (Lipinski definition) is 2. The summed E-state index contributed by atoms with van der Waals surface area (Å²) in [5, 5.41) is 5.86. The minimum absolute atomic E-state index is 0.0806. The lowest BCUT2D eigenvalue weighted by Gasteiger charge is -2.21. The highest BCUT2D eigenvalue weighted by atomic mass is 16.5. The second-order valence-corrected chi connectivity index (χ2v) is 6.49. The zero-order chi connectivity index (χ0) is 21.5. The molecule has 2 N–H and O–H groups in total. The normalized spacial score (nSPS) is 12.8. The molecule has 156 valence electrons. The van der Waals surface area contributed by atoms with E-state index < -0.39 is 11.9 Å². The third-order valence-electron chi connectivity index (χ3n) is 4.37. The minimum atomic E-state index is -0.472. The van der Waals surface area contributed by atoms with Crippen LogP contribution in [0.1, 0.15) is 13.3 Å². The average molecular weight is 409 g/mol. The van der Waals surface area contributed by atoms with Crippen LogP contribution in [0.5, 0.6) is 5.75 Å². The van der Waals surface area contributed by atoms with E-state index in [9.17, 15) is 14.4 Å². The van der Waals surface area contributed by atoms with Crippen LogP contribution in [-0.2, 0) is 19.1 Å². The quantitative estimate of drug-likeness (QED) is 0.683. The molecule has 3 rings (SSSR count). The fraction of sp³-hybridized carbons (Fsp3) is 0.227. The first kappa shape index (κ1) is 20.9. The summed E-state index contributed by atoms with van der Waals surface area (Å²) >= 11 is 0. The Morgan fingerprint density at radius 3 is 2.53 bits per heavy atom. The van der Waals surface area contributed by atoms with Crippen LogP contribution < -0.4 is 20.3 Å². The Bertz CT molecular complexity index is 969. The summed E-state index contributed by atoms with van der Waals surface area (Å²) in [6.45, 7) is 2.26. The zero-order valence-corrected chi connectivity index (χ0v) is 16.8. The Morgan fingerprint density at radius 2 is 1.83 bits per heavy atom. The van der Waals surface area contributed by atoms with Crippen molar-refractivity contribution in [1.82, 2.24) is 0 Å². The predicted molar refractivity (Wildman–Crippen MR) is 113 cm³/mol. The molecule has 0 bridgehead atoms. The van der Waals surface area contributed by atoms with Crippen LogP contribution in [-0.4, -0.2) is 38.0 Å². The fourth-order valence-electron chi connectivity index (χ4n) is 3.00. The number of hydrogen-bond acceptors (Lipinski definition) is 6. The van der Waals surface area contributed by atoms with Crippen LogP contribution >= 0.6 is 0 Å². The molecule has 1 aliphatic heterocycles. The van der Waals surface area contributed by atoms with Gasteiger partial charge >= 0.3 is 5.97 Å². The molecule has 0 saturated carbocycles. The first-order chi connectivity index (χ1) is 14.5. The SMILES string of the molecule is CCOc1ccc(NC(=O)CN2C(=O)C=C(CC(=O)OC)Nc3ccccc32)cc1. The third-order valence-corrected chi connectivity index (χ3v) is 4.37. The van der Waals surface area contributed by atoms with Crippen LogP contribution in [0, 0.1) is 0 Å². The van der Waals surface area contributed by atoms with Crippen LogP contribution in [0.4, 0.5) is 17.1 Å². The van der Waals surface area contributed by atoms with E-state index in [1.54, 1.807) is 48.5 Å². The molecule has 0 unspecified atom stereocenters. The number of methoxy groups -OCH3 is 1. The maximum atomic E-state index is 12.8. The molecule has 0 spiro atoms. The number of anilines is 3. The van der Waals surface area contributed by atoms with Gasteiger partial charge in [-0.1, -0.05) is 12.1 Å². The number of carbonyl (C=O) groups is 3. The Balaban J connectivity index is 1.77. The van der Waals surface area contributed by atoms with E-state index in [1.165, 1.54) is 18.1 Å². The van der Waals surface area contributed by atoms with Crippen molar-refractivity contribution in [2.45, 2.75) is 13.3 Å². The standard InChI is InChI=1S/C22H23N3O5/c1-3-30-17-10-8-15(9-11-17)24-20(26)14-25-19-7-5-4-6-18(19)23-16(12-21(25)27)13-22(28)29-2/h4-12,23H,3,13-14H2,1-2H3,(H,24,26). The molecule has 30 heavy (non-hydrogen) atoms. The van der Waals surface area contributed by atoms with Gasteiger partial charge in [0.25, 0.3) is 5.91 Å². The molecule has 2 aromatic carbocycles. The lowest BCUT2D eigenvalue weighted by molar-refractivity contribution is -0.139. The highest BCUT2D eigenvalue weighted by Crippen LogP contribution is 2.30. The van der Waals surface area contributed by atoms with Crippen molar-refractivity contribution >= 4 is 34.8 Å². The fourth-order valence-corrected chi connectivity index (χ4v) is 3.00. The number of ether oxygens (including phenoxy) is 2. The molecule has 0 aliphatic carbocycles. The molecular weight excluding hydrogens is 386 g/mol. The average Bonchev–Trinajstić information content (AvgIpc) is 2.86. The van der Waals surface area contributed by atoms with Gasteiger partial charge in [0.2, 0.25) is 5.91 Å². The van der Waals surface area contributed by atoms with Crippen molar-refractivity contribution in [3.8, 4) is 5.75 Å². The van der Waals surface area contributed by atoms with Gasteiger partial charge in [-0.25, -0.2) is 0 Å². The Kier molecular flexibility index (Phi) is 6.69. The predicted octanol–water partition coefficient (Wildman–Crippen LogP) is 2.93. The monoisotopic (exact) mass is 409 g/mol. The van der Waals surface area contributed by atoms with Crippen LogP contribution in [0.3, 0.4) is 0 Å². The molecule has 1 heterocycles. The van der Waals surface area contributed by atoms with Gasteiger partial charge in [0.05, 0.1) is 31.5 Å². The summed E-state index contributed by atoms with van der Waals surface area (Å²) < 4.78 is 10.1. The summed E-state index contributed by atoms with van der Waals surface area (Å²) in [4.78, 5) is 38.4. The molecule has 1 aliphatic rings. The highest BCUT2D eigenvalue weighted by molar-refractivity contribution is 6.10. The van der Waals surface area contributed by atoms with Gasteiger partial charge in [-0.05, 0) is 43.3 Å². The minimum Gasteiger partial charge on any atom is -0.494 e. The van der Waals surface area contributed by atoms with Crippen molar-refractivity contribution < 1.29 is 23.9 Å². The molecule has 0 radical (unpaired) electrons. The summed E-state index contributed by atoms with van der Waals surface area (Å²) in [5.41, 5.74) is 2.15. The lowest BCUT2D eigenvalue weighted by Crippen LogP contribution is -2.37. The smallest absolute Gasteiger partial charge is 0.311 e. The topological polar surface area (TPSA) is 97.0 Å². The maximum Gasteiger partial charge on any atom is 0.311 e. The number of fused-ring (bicyclic) bond motifs is 1. The number of esters is 1. The van der Waals surface area contributed by atoms with Crippen molar-refractivity contribution in [2.75, 3.05) is 35.8 Å². The maximum absolute atomic E-state index is 12.8. The summed E-state index contributed by atoms with van der Waals surface area (Å²) in [6.07, 6.45) is 1.23. The molecule has 0 saturated heterocycles. The molecule has 2 aromatic rings. The van der Waals surface area contributed by atoms with Crippen LogP contribution in [0.2, 0.25) is 0 Å². The van der Waals surface area contributed by atoms with Gasteiger partial charge in [-0.3, -0.25) is 19.3 Å². The van der Waals surface area contributed by atoms with E-state index >= 15 is 0 Å². The van der Waals surface area contributed by atoms with Crippen molar-refractivity contribution in [3.63, 3.8) is 0 Å². The largest absolute Gasteiger partial charge is 0.494 e. The van der Waals surface area contributed by atoms with E-state index in [0.29, 0.717) is 35.1 Å². The lowest BCUT2D eigenvalue weighted by atomic mass is 10.2. The molecule has 2 amide bonds. The molecule has 8 heteroatoms. The van der Waals surface area contributed by atoms with Crippen molar-refractivity contribution in [2.24, 2.45) is 0 Å². The summed E-state index contributed by atoms with van der Waals surface area (Å²) in [5.74, 6) is -0.525. The molecule has 0 fully saturated rings.